The maximum atomic E-state index is 11.9. The smallest absolute Gasteiger partial charge is 0.315 e. The van der Waals surface area contributed by atoms with Crippen molar-refractivity contribution in [3.05, 3.63) is 23.8 Å². The highest BCUT2D eigenvalue weighted by Gasteiger charge is 2.47. The van der Waals surface area contributed by atoms with E-state index in [2.05, 4.69) is 20.6 Å². The van der Waals surface area contributed by atoms with Crippen LogP contribution in [0, 0.1) is 12.3 Å². The highest BCUT2D eigenvalue weighted by molar-refractivity contribution is 5.79. The van der Waals surface area contributed by atoms with Crippen molar-refractivity contribution in [2.75, 3.05) is 13.2 Å². The van der Waals surface area contributed by atoms with E-state index in [4.69, 9.17) is 4.74 Å². The summed E-state index contributed by atoms with van der Waals surface area (Å²) in [6.07, 6.45) is 1.61. The molecule has 2 rings (SSSR count). The van der Waals surface area contributed by atoms with E-state index < -0.39 is 23.5 Å². The third kappa shape index (κ3) is 3.46. The Balaban J connectivity index is 1.89. The molecule has 3 N–H and O–H groups in total. The second-order valence-electron chi connectivity index (χ2n) is 5.21. The van der Waals surface area contributed by atoms with E-state index in [1.165, 1.54) is 0 Å². The molecule has 1 aromatic rings. The van der Waals surface area contributed by atoms with Gasteiger partial charge in [0, 0.05) is 6.20 Å². The Morgan fingerprint density at radius 3 is 3.00 bits per heavy atom. The number of carboxylic acid groups (broad SMARTS) is 1. The van der Waals surface area contributed by atoms with Gasteiger partial charge in [-0.25, -0.2) is 14.8 Å². The molecule has 8 nitrogen and oxygen atoms in total. The van der Waals surface area contributed by atoms with Gasteiger partial charge in [0.25, 0.3) is 0 Å². The van der Waals surface area contributed by atoms with Crippen LogP contribution in [0.2, 0.25) is 0 Å². The van der Waals surface area contributed by atoms with E-state index in [0.717, 1.165) is 0 Å². The number of aryl methyl sites for hydroxylation is 1. The molecule has 2 heterocycles. The number of aromatic nitrogens is 2. The Kier molecular flexibility index (Phi) is 4.37. The number of carbonyl (C=O) groups is 2. The van der Waals surface area contributed by atoms with E-state index in [0.29, 0.717) is 11.5 Å². The Hall–Kier alpha value is -2.22. The van der Waals surface area contributed by atoms with Crippen LogP contribution in [0.4, 0.5) is 4.79 Å². The predicted molar refractivity (Wildman–Crippen MR) is 72.5 cm³/mol. The monoisotopic (exact) mass is 294 g/mol. The molecule has 2 atom stereocenters. The molecule has 114 valence electrons. The maximum absolute atomic E-state index is 11.9. The second kappa shape index (κ2) is 6.04. The van der Waals surface area contributed by atoms with Gasteiger partial charge < -0.3 is 20.5 Å². The molecule has 0 aromatic carbocycles. The van der Waals surface area contributed by atoms with Crippen molar-refractivity contribution < 1.29 is 19.4 Å². The van der Waals surface area contributed by atoms with Gasteiger partial charge in [0.1, 0.15) is 11.2 Å². The predicted octanol–water partition coefficient (Wildman–Crippen LogP) is 0.0739. The molecule has 0 spiro atoms. The molecule has 2 unspecified atom stereocenters. The molecule has 0 saturated carbocycles. The van der Waals surface area contributed by atoms with Gasteiger partial charge in [-0.2, -0.15) is 0 Å². The van der Waals surface area contributed by atoms with Gasteiger partial charge in [0.15, 0.2) is 0 Å². The number of aliphatic carboxylic acids is 1. The minimum atomic E-state index is -1.11. The fourth-order valence-corrected chi connectivity index (χ4v) is 2.07. The molecule has 0 radical (unpaired) electrons. The van der Waals surface area contributed by atoms with Crippen LogP contribution in [-0.2, 0) is 16.1 Å². The standard InChI is InChI=1S/C13H18N4O4/c1-8-14-4-3-9(16-8)5-15-12(20)17-10-6-21-7-13(10,2)11(18)19/h3-4,10H,5-7H2,1-2H3,(H,18,19)(H2,15,17,20). The van der Waals surface area contributed by atoms with Crippen LogP contribution in [-0.4, -0.2) is 46.3 Å². The van der Waals surface area contributed by atoms with Crippen LogP contribution in [0.25, 0.3) is 0 Å². The zero-order valence-corrected chi connectivity index (χ0v) is 11.9. The lowest BCUT2D eigenvalue weighted by Crippen LogP contribution is -2.52. The first-order chi connectivity index (χ1) is 9.91. The van der Waals surface area contributed by atoms with E-state index >= 15 is 0 Å². The maximum Gasteiger partial charge on any atom is 0.315 e. The summed E-state index contributed by atoms with van der Waals surface area (Å²) in [5.74, 6) is -0.367. The number of rotatable bonds is 4. The quantitative estimate of drug-likeness (QED) is 0.724. The molecule has 0 bridgehead atoms. The second-order valence-corrected chi connectivity index (χ2v) is 5.21. The number of urea groups is 1. The summed E-state index contributed by atoms with van der Waals surface area (Å²) in [5, 5.41) is 14.5. The average Bonchev–Trinajstić information content (AvgIpc) is 2.79. The largest absolute Gasteiger partial charge is 0.481 e. The first-order valence-electron chi connectivity index (χ1n) is 6.56. The molecule has 0 aliphatic carbocycles. The molecule has 21 heavy (non-hydrogen) atoms. The van der Waals surface area contributed by atoms with Gasteiger partial charge >= 0.3 is 12.0 Å². The van der Waals surface area contributed by atoms with Crippen LogP contribution in [0.5, 0.6) is 0 Å². The van der Waals surface area contributed by atoms with E-state index in [1.54, 1.807) is 26.1 Å². The van der Waals surface area contributed by atoms with Crippen LogP contribution >= 0.6 is 0 Å². The normalized spacial score (nSPS) is 24.6. The first-order valence-corrected chi connectivity index (χ1v) is 6.56. The van der Waals surface area contributed by atoms with Crippen molar-refractivity contribution in [3.63, 3.8) is 0 Å². The van der Waals surface area contributed by atoms with Crippen molar-refractivity contribution in [1.82, 2.24) is 20.6 Å². The molecule has 1 saturated heterocycles. The summed E-state index contributed by atoms with van der Waals surface area (Å²) >= 11 is 0. The summed E-state index contributed by atoms with van der Waals surface area (Å²) in [6.45, 7) is 3.83. The Morgan fingerprint density at radius 1 is 1.57 bits per heavy atom. The van der Waals surface area contributed by atoms with Crippen molar-refractivity contribution in [2.24, 2.45) is 5.41 Å². The molecule has 1 aliphatic heterocycles. The summed E-state index contributed by atoms with van der Waals surface area (Å²) in [4.78, 5) is 31.2. The van der Waals surface area contributed by atoms with Crippen molar-refractivity contribution in [3.8, 4) is 0 Å². The fourth-order valence-electron chi connectivity index (χ4n) is 2.07. The summed E-state index contributed by atoms with van der Waals surface area (Å²) < 4.78 is 5.17. The Morgan fingerprint density at radius 2 is 2.33 bits per heavy atom. The number of nitrogens with zero attached hydrogens (tertiary/aromatic N) is 2. The van der Waals surface area contributed by atoms with Gasteiger partial charge in [-0.3, -0.25) is 4.79 Å². The molecular formula is C13H18N4O4. The minimum absolute atomic E-state index is 0.0817. The number of carboxylic acids is 1. The van der Waals surface area contributed by atoms with E-state index in [-0.39, 0.29) is 19.8 Å². The molecule has 1 aliphatic rings. The third-order valence-corrected chi connectivity index (χ3v) is 3.51. The molecular weight excluding hydrogens is 276 g/mol. The van der Waals surface area contributed by atoms with Gasteiger partial charge in [0.05, 0.1) is 31.5 Å². The zero-order chi connectivity index (χ0) is 15.5. The number of hydrogen-bond donors (Lipinski definition) is 3. The van der Waals surface area contributed by atoms with E-state index in [1.807, 2.05) is 0 Å². The van der Waals surface area contributed by atoms with E-state index in [9.17, 15) is 14.7 Å². The summed E-state index contributed by atoms with van der Waals surface area (Å²) in [5.41, 5.74) is -0.427. The van der Waals surface area contributed by atoms with Gasteiger partial charge in [0.2, 0.25) is 0 Å². The Bertz CT molecular complexity index is 551. The third-order valence-electron chi connectivity index (χ3n) is 3.51. The lowest BCUT2D eigenvalue weighted by Gasteiger charge is -2.25. The van der Waals surface area contributed by atoms with Crippen LogP contribution in [0.3, 0.4) is 0 Å². The molecule has 2 amide bonds. The van der Waals surface area contributed by atoms with Crippen LogP contribution < -0.4 is 10.6 Å². The minimum Gasteiger partial charge on any atom is -0.481 e. The number of carbonyl (C=O) groups excluding carboxylic acids is 1. The molecule has 1 aromatic heterocycles. The van der Waals surface area contributed by atoms with Crippen molar-refractivity contribution in [1.29, 1.82) is 0 Å². The van der Waals surface area contributed by atoms with Crippen LogP contribution in [0.15, 0.2) is 12.3 Å². The summed E-state index contributed by atoms with van der Waals surface area (Å²) in [7, 11) is 0. The lowest BCUT2D eigenvalue weighted by molar-refractivity contribution is -0.148. The van der Waals surface area contributed by atoms with Crippen molar-refractivity contribution in [2.45, 2.75) is 26.4 Å². The number of hydrogen-bond acceptors (Lipinski definition) is 5. The topological polar surface area (TPSA) is 113 Å². The number of nitrogens with one attached hydrogen (secondary N) is 2. The highest BCUT2D eigenvalue weighted by Crippen LogP contribution is 2.28. The van der Waals surface area contributed by atoms with Gasteiger partial charge in [-0.15, -0.1) is 0 Å². The van der Waals surface area contributed by atoms with Crippen LogP contribution in [0.1, 0.15) is 18.4 Å². The number of ether oxygens (including phenoxy) is 1. The Labute approximate surface area is 121 Å². The number of amides is 2. The summed E-state index contributed by atoms with van der Waals surface area (Å²) in [6, 6.07) is 0.684. The van der Waals surface area contributed by atoms with Gasteiger partial charge in [-0.1, -0.05) is 0 Å². The zero-order valence-electron chi connectivity index (χ0n) is 11.9. The van der Waals surface area contributed by atoms with Gasteiger partial charge in [-0.05, 0) is 19.9 Å². The molecule has 8 heteroatoms. The first kappa shape index (κ1) is 15.2. The van der Waals surface area contributed by atoms with Crippen molar-refractivity contribution >= 4 is 12.0 Å². The fraction of sp³-hybridized carbons (Fsp3) is 0.538. The molecule has 1 fully saturated rings. The average molecular weight is 294 g/mol. The lowest BCUT2D eigenvalue weighted by atomic mass is 9.85. The SMILES string of the molecule is Cc1nccc(CNC(=O)NC2COCC2(C)C(=O)O)n1. The highest BCUT2D eigenvalue weighted by atomic mass is 16.5.